The second kappa shape index (κ2) is 9.18. The molecule has 30 heavy (non-hydrogen) atoms. The molecule has 0 unspecified atom stereocenters. The average molecular weight is 421 g/mol. The zero-order valence-electron chi connectivity index (χ0n) is 17.0. The van der Waals surface area contributed by atoms with Crippen molar-refractivity contribution < 1.29 is 4.79 Å². The van der Waals surface area contributed by atoms with Crippen molar-refractivity contribution in [2.75, 3.05) is 31.1 Å². The van der Waals surface area contributed by atoms with Gasteiger partial charge in [-0.15, -0.1) is 0 Å². The third kappa shape index (κ3) is 5.10. The van der Waals surface area contributed by atoms with Crippen LogP contribution < -0.4 is 4.90 Å². The monoisotopic (exact) mass is 420 g/mol. The predicted octanol–water partition coefficient (Wildman–Crippen LogP) is 4.42. The van der Waals surface area contributed by atoms with Crippen molar-refractivity contribution in [3.63, 3.8) is 0 Å². The molecule has 0 spiro atoms. The van der Waals surface area contributed by atoms with Crippen LogP contribution in [0.5, 0.6) is 0 Å². The number of hydrogen-bond donors (Lipinski definition) is 0. The molecule has 1 fully saturated rings. The lowest BCUT2D eigenvalue weighted by Crippen LogP contribution is -2.48. The number of rotatable bonds is 5. The quantitative estimate of drug-likeness (QED) is 0.573. The van der Waals surface area contributed by atoms with Crippen LogP contribution in [0.2, 0.25) is 5.02 Å². The predicted molar refractivity (Wildman–Crippen MR) is 123 cm³/mol. The third-order valence-electron chi connectivity index (χ3n) is 5.36. The Bertz CT molecular complexity index is 1020. The standard InChI is InChI=1S/C24H25ClN4O/c1-19(30)28-10-12-29(13-11-28)24-6-4-20(5-7-24)2-3-21-14-22(16-23(25)15-21)17-27-9-8-26-18-27/h2-9,14-16,18H,10-13,17H2,1H3. The number of hydrogen-bond acceptors (Lipinski definition) is 3. The number of benzene rings is 2. The molecule has 1 aliphatic heterocycles. The minimum absolute atomic E-state index is 0.157. The van der Waals surface area contributed by atoms with Gasteiger partial charge in [0, 0.05) is 62.8 Å². The van der Waals surface area contributed by atoms with Gasteiger partial charge in [-0.1, -0.05) is 35.9 Å². The molecule has 3 aromatic rings. The molecule has 0 saturated carbocycles. The zero-order valence-corrected chi connectivity index (χ0v) is 17.8. The molecule has 0 bridgehead atoms. The summed E-state index contributed by atoms with van der Waals surface area (Å²) in [7, 11) is 0. The maximum Gasteiger partial charge on any atom is 0.219 e. The van der Waals surface area contributed by atoms with Crippen molar-refractivity contribution in [2.45, 2.75) is 13.5 Å². The summed E-state index contributed by atoms with van der Waals surface area (Å²) in [6, 6.07) is 14.6. The minimum atomic E-state index is 0.157. The molecule has 6 heteroatoms. The number of carbonyl (C=O) groups is 1. The SMILES string of the molecule is CC(=O)N1CCN(c2ccc(C=Cc3cc(Cl)cc(Cn4ccnc4)c3)cc2)CC1. The van der Waals surface area contributed by atoms with Crippen molar-refractivity contribution in [1.82, 2.24) is 14.5 Å². The van der Waals surface area contributed by atoms with Crippen LogP contribution in [0.15, 0.2) is 61.2 Å². The lowest BCUT2D eigenvalue weighted by molar-refractivity contribution is -0.129. The third-order valence-corrected chi connectivity index (χ3v) is 5.57. The highest BCUT2D eigenvalue weighted by molar-refractivity contribution is 6.30. The lowest BCUT2D eigenvalue weighted by atomic mass is 10.1. The van der Waals surface area contributed by atoms with E-state index in [0.717, 1.165) is 54.4 Å². The number of halogens is 1. The first-order chi connectivity index (χ1) is 14.6. The maximum atomic E-state index is 11.5. The highest BCUT2D eigenvalue weighted by Gasteiger charge is 2.18. The van der Waals surface area contributed by atoms with Crippen molar-refractivity contribution in [2.24, 2.45) is 0 Å². The molecule has 2 heterocycles. The molecule has 0 N–H and O–H groups in total. The van der Waals surface area contributed by atoms with Gasteiger partial charge in [-0.05, 0) is 47.0 Å². The number of amides is 1. The lowest BCUT2D eigenvalue weighted by Gasteiger charge is -2.35. The van der Waals surface area contributed by atoms with E-state index in [9.17, 15) is 4.79 Å². The number of aromatic nitrogens is 2. The van der Waals surface area contributed by atoms with E-state index in [2.05, 4.69) is 52.4 Å². The minimum Gasteiger partial charge on any atom is -0.368 e. The molecule has 5 nitrogen and oxygen atoms in total. The maximum absolute atomic E-state index is 11.5. The molecule has 1 aromatic heterocycles. The fourth-order valence-electron chi connectivity index (χ4n) is 3.72. The Balaban J connectivity index is 1.41. The van der Waals surface area contributed by atoms with E-state index in [4.69, 9.17) is 11.6 Å². The molecule has 154 valence electrons. The van der Waals surface area contributed by atoms with E-state index in [0.29, 0.717) is 0 Å². The van der Waals surface area contributed by atoms with Crippen LogP contribution in [0.1, 0.15) is 23.6 Å². The van der Waals surface area contributed by atoms with Crippen molar-refractivity contribution >= 4 is 35.3 Å². The summed E-state index contributed by atoms with van der Waals surface area (Å²) < 4.78 is 2.02. The van der Waals surface area contributed by atoms with Gasteiger partial charge >= 0.3 is 0 Å². The number of imidazole rings is 1. The number of nitrogens with zero attached hydrogens (tertiary/aromatic N) is 4. The smallest absolute Gasteiger partial charge is 0.219 e. The van der Waals surface area contributed by atoms with E-state index in [1.807, 2.05) is 27.8 Å². The molecule has 0 radical (unpaired) electrons. The summed E-state index contributed by atoms with van der Waals surface area (Å²) in [4.78, 5) is 19.8. The highest BCUT2D eigenvalue weighted by Crippen LogP contribution is 2.21. The second-order valence-corrected chi connectivity index (χ2v) is 7.98. The Morgan fingerprint density at radius 3 is 2.43 bits per heavy atom. The molecule has 1 aliphatic rings. The van der Waals surface area contributed by atoms with E-state index < -0.39 is 0 Å². The Morgan fingerprint density at radius 2 is 1.77 bits per heavy atom. The van der Waals surface area contributed by atoms with Gasteiger partial charge in [0.05, 0.1) is 6.33 Å². The van der Waals surface area contributed by atoms with Crippen LogP contribution in [-0.2, 0) is 11.3 Å². The van der Waals surface area contributed by atoms with E-state index in [-0.39, 0.29) is 5.91 Å². The summed E-state index contributed by atoms with van der Waals surface area (Å²) in [5, 5.41) is 0.729. The van der Waals surface area contributed by atoms with Gasteiger partial charge in [0.15, 0.2) is 0 Å². The van der Waals surface area contributed by atoms with Gasteiger partial charge in [0.1, 0.15) is 0 Å². The van der Waals surface area contributed by atoms with Gasteiger partial charge < -0.3 is 14.4 Å². The molecular weight excluding hydrogens is 396 g/mol. The number of carbonyl (C=O) groups excluding carboxylic acids is 1. The fraction of sp³-hybridized carbons (Fsp3) is 0.250. The van der Waals surface area contributed by atoms with Crippen molar-refractivity contribution in [3.05, 3.63) is 82.9 Å². The van der Waals surface area contributed by atoms with Crippen LogP contribution in [0.3, 0.4) is 0 Å². The summed E-state index contributed by atoms with van der Waals surface area (Å²) in [6.45, 7) is 5.69. The second-order valence-electron chi connectivity index (χ2n) is 7.55. The summed E-state index contributed by atoms with van der Waals surface area (Å²) >= 11 is 6.32. The molecule has 0 atom stereocenters. The van der Waals surface area contributed by atoms with Gasteiger partial charge in [0.25, 0.3) is 0 Å². The Morgan fingerprint density at radius 1 is 1.03 bits per heavy atom. The van der Waals surface area contributed by atoms with Crippen LogP contribution in [0.4, 0.5) is 5.69 Å². The molecule has 1 amide bonds. The van der Waals surface area contributed by atoms with E-state index >= 15 is 0 Å². The number of piperazine rings is 1. The normalized spacial score (nSPS) is 14.5. The van der Waals surface area contributed by atoms with E-state index in [1.54, 1.807) is 19.4 Å². The average Bonchev–Trinajstić information content (AvgIpc) is 3.25. The fourth-order valence-corrected chi connectivity index (χ4v) is 3.99. The summed E-state index contributed by atoms with van der Waals surface area (Å²) in [6.07, 6.45) is 9.71. The zero-order chi connectivity index (χ0) is 20.9. The highest BCUT2D eigenvalue weighted by atomic mass is 35.5. The van der Waals surface area contributed by atoms with Gasteiger partial charge in [0.2, 0.25) is 5.91 Å². The first-order valence-corrected chi connectivity index (χ1v) is 10.5. The van der Waals surface area contributed by atoms with Crippen LogP contribution in [0.25, 0.3) is 12.2 Å². The van der Waals surface area contributed by atoms with Crippen molar-refractivity contribution in [3.8, 4) is 0 Å². The van der Waals surface area contributed by atoms with Crippen LogP contribution in [-0.4, -0.2) is 46.5 Å². The molecule has 0 aliphatic carbocycles. The summed E-state index contributed by atoms with van der Waals surface area (Å²) in [5.41, 5.74) is 4.54. The first kappa shape index (κ1) is 20.2. The van der Waals surface area contributed by atoms with Gasteiger partial charge in [-0.25, -0.2) is 4.98 Å². The molecular formula is C24H25ClN4O. The topological polar surface area (TPSA) is 41.4 Å². The van der Waals surface area contributed by atoms with Gasteiger partial charge in [-0.3, -0.25) is 4.79 Å². The largest absolute Gasteiger partial charge is 0.368 e. The van der Waals surface area contributed by atoms with Crippen LogP contribution in [0, 0.1) is 0 Å². The molecule has 1 saturated heterocycles. The van der Waals surface area contributed by atoms with Crippen molar-refractivity contribution in [1.29, 1.82) is 0 Å². The Hall–Kier alpha value is -3.05. The molecule has 2 aromatic carbocycles. The van der Waals surface area contributed by atoms with Crippen LogP contribution >= 0.6 is 11.6 Å². The van der Waals surface area contributed by atoms with Gasteiger partial charge in [-0.2, -0.15) is 0 Å². The Kier molecular flexibility index (Phi) is 6.19. The summed E-state index contributed by atoms with van der Waals surface area (Å²) in [5.74, 6) is 0.157. The van der Waals surface area contributed by atoms with E-state index in [1.165, 1.54) is 5.69 Å². The molecule has 4 rings (SSSR count). The number of anilines is 1. The first-order valence-electron chi connectivity index (χ1n) is 10.1. The Labute approximate surface area is 182 Å².